The zero-order valence-corrected chi connectivity index (χ0v) is 13.1. The second kappa shape index (κ2) is 8.13. The van der Waals surface area contributed by atoms with E-state index in [0.29, 0.717) is 6.54 Å². The molecule has 2 aliphatic rings. The van der Waals surface area contributed by atoms with Crippen molar-refractivity contribution in [3.63, 3.8) is 0 Å². The third kappa shape index (κ3) is 6.19. The first-order valence-corrected chi connectivity index (χ1v) is 7.70. The van der Waals surface area contributed by atoms with Crippen LogP contribution in [0.25, 0.3) is 0 Å². The van der Waals surface area contributed by atoms with Crippen LogP contribution in [0.5, 0.6) is 0 Å². The molecular formula is C14H20F3N5O2. The Morgan fingerprint density at radius 3 is 2.33 bits per heavy atom. The molecule has 0 aromatic carbocycles. The number of halogens is 3. The van der Waals surface area contributed by atoms with Crippen molar-refractivity contribution in [2.75, 3.05) is 42.9 Å². The predicted octanol–water partition coefficient (Wildman–Crippen LogP) is 1.22. The molecule has 1 aromatic heterocycles. The molecule has 2 N–H and O–H groups in total. The van der Waals surface area contributed by atoms with E-state index in [0.717, 1.165) is 44.2 Å². The number of rotatable bonds is 4. The van der Waals surface area contributed by atoms with Gasteiger partial charge in [0.2, 0.25) is 5.91 Å². The molecule has 0 radical (unpaired) electrons. The highest BCUT2D eigenvalue weighted by molar-refractivity contribution is 5.81. The summed E-state index contributed by atoms with van der Waals surface area (Å²) in [5.74, 6) is 1.82. The molecule has 0 aliphatic carbocycles. The van der Waals surface area contributed by atoms with Crippen LogP contribution in [0.4, 0.5) is 24.8 Å². The molecule has 0 unspecified atom stereocenters. The molecule has 0 saturated carbocycles. The molecule has 1 amide bonds. The third-order valence-electron chi connectivity index (χ3n) is 3.71. The molecular weight excluding hydrogens is 327 g/mol. The number of amides is 1. The number of carbonyl (C=O) groups excluding carboxylic acids is 1. The van der Waals surface area contributed by atoms with Crippen molar-refractivity contribution >= 4 is 17.5 Å². The summed E-state index contributed by atoms with van der Waals surface area (Å²) in [4.78, 5) is 24.3. The van der Waals surface area contributed by atoms with Crippen molar-refractivity contribution in [1.29, 1.82) is 0 Å². The van der Waals surface area contributed by atoms with Crippen LogP contribution in [0.2, 0.25) is 0 Å². The van der Waals surface area contributed by atoms with Crippen LogP contribution in [-0.4, -0.2) is 65.0 Å². The van der Waals surface area contributed by atoms with Crippen molar-refractivity contribution in [2.45, 2.75) is 25.6 Å². The predicted molar refractivity (Wildman–Crippen MR) is 81.4 cm³/mol. The maximum Gasteiger partial charge on any atom is 0.519 e. The fraction of sp³-hybridized carbons (Fsp3) is 0.643. The Bertz CT molecular complexity index is 539. The van der Waals surface area contributed by atoms with Gasteiger partial charge in [0.05, 0.1) is 6.54 Å². The minimum atomic E-state index is -5.00. The number of carbonyl (C=O) groups is 1. The van der Waals surface area contributed by atoms with Gasteiger partial charge in [0, 0.05) is 32.2 Å². The molecule has 3 heterocycles. The Labute approximate surface area is 137 Å². The Kier molecular flexibility index (Phi) is 6.18. The number of aromatic nitrogens is 2. The minimum absolute atomic E-state index is 0.146. The van der Waals surface area contributed by atoms with Crippen molar-refractivity contribution in [3.8, 4) is 0 Å². The summed E-state index contributed by atoms with van der Waals surface area (Å²) >= 11 is 0. The summed E-state index contributed by atoms with van der Waals surface area (Å²) in [5.41, 5.74) is 0. The number of hydrogen-bond acceptors (Lipinski definition) is 6. The van der Waals surface area contributed by atoms with Gasteiger partial charge in [-0.05, 0) is 19.3 Å². The second-order valence-corrected chi connectivity index (χ2v) is 5.51. The lowest BCUT2D eigenvalue weighted by atomic mass is 10.2. The third-order valence-corrected chi connectivity index (χ3v) is 3.71. The summed E-state index contributed by atoms with van der Waals surface area (Å²) in [6.45, 7) is 4.22. The highest BCUT2D eigenvalue weighted by Gasteiger charge is 2.21. The van der Waals surface area contributed by atoms with Crippen LogP contribution >= 0.6 is 0 Å². The van der Waals surface area contributed by atoms with E-state index in [1.54, 1.807) is 6.33 Å². The number of alkyl halides is 3. The quantitative estimate of drug-likeness (QED) is 0.852. The number of hydrogen-bond donors (Lipinski definition) is 2. The van der Waals surface area contributed by atoms with E-state index >= 15 is 0 Å². The molecule has 10 heteroatoms. The Morgan fingerprint density at radius 1 is 1.17 bits per heavy atom. The number of likely N-dealkylation sites (tertiary alicyclic amines) is 1. The molecule has 2 saturated heterocycles. The fourth-order valence-electron chi connectivity index (χ4n) is 2.41. The molecule has 0 spiro atoms. The van der Waals surface area contributed by atoms with Gasteiger partial charge in [0.25, 0.3) is 0 Å². The molecule has 0 bridgehead atoms. The molecule has 1 aromatic rings. The van der Waals surface area contributed by atoms with E-state index in [1.165, 1.54) is 12.8 Å². The van der Waals surface area contributed by atoms with Crippen molar-refractivity contribution in [1.82, 2.24) is 14.9 Å². The van der Waals surface area contributed by atoms with E-state index in [-0.39, 0.29) is 5.91 Å². The maximum atomic E-state index is 11.7. The summed E-state index contributed by atoms with van der Waals surface area (Å²) in [7, 11) is 0. The van der Waals surface area contributed by atoms with Gasteiger partial charge in [-0.1, -0.05) is 0 Å². The lowest BCUT2D eigenvalue weighted by Crippen LogP contribution is -2.44. The van der Waals surface area contributed by atoms with Gasteiger partial charge >= 0.3 is 6.36 Å². The van der Waals surface area contributed by atoms with Crippen molar-refractivity contribution < 1.29 is 23.1 Å². The summed E-state index contributed by atoms with van der Waals surface area (Å²) in [6, 6.07) is 1.93. The van der Waals surface area contributed by atoms with E-state index in [2.05, 4.69) is 20.2 Å². The SMILES string of the molecule is O=C(CNc1cc(N2CCCC2)ncn1)N1CCC1.OC(F)(F)F. The average Bonchev–Trinajstić information content (AvgIpc) is 2.96. The standard InChI is InChI=1S/C13H19N5O.CHF3O/c19-13(18-6-3-7-18)9-14-11-8-12(16-10-15-11)17-4-1-2-5-17;2-1(3,4)5/h8,10H,1-7,9H2,(H,14,15,16);5H. The molecule has 3 rings (SSSR count). The molecule has 134 valence electrons. The summed E-state index contributed by atoms with van der Waals surface area (Å²) in [5, 5.41) is 9.61. The van der Waals surface area contributed by atoms with E-state index in [9.17, 15) is 18.0 Å². The molecule has 24 heavy (non-hydrogen) atoms. The zero-order valence-electron chi connectivity index (χ0n) is 13.1. The fourth-order valence-corrected chi connectivity index (χ4v) is 2.41. The maximum absolute atomic E-state index is 11.7. The van der Waals surface area contributed by atoms with Crippen LogP contribution in [0.3, 0.4) is 0 Å². The first kappa shape index (κ1) is 18.2. The highest BCUT2D eigenvalue weighted by Crippen LogP contribution is 2.19. The first-order chi connectivity index (χ1) is 11.3. The largest absolute Gasteiger partial charge is 0.519 e. The topological polar surface area (TPSA) is 81.6 Å². The Balaban J connectivity index is 0.000000368. The van der Waals surface area contributed by atoms with E-state index in [4.69, 9.17) is 5.11 Å². The van der Waals surface area contributed by atoms with Gasteiger partial charge in [0.1, 0.15) is 18.0 Å². The van der Waals surface area contributed by atoms with Gasteiger partial charge in [-0.15, -0.1) is 13.2 Å². The van der Waals surface area contributed by atoms with Crippen LogP contribution in [0.1, 0.15) is 19.3 Å². The van der Waals surface area contributed by atoms with Crippen LogP contribution < -0.4 is 10.2 Å². The Morgan fingerprint density at radius 2 is 1.79 bits per heavy atom. The second-order valence-electron chi connectivity index (χ2n) is 5.51. The average molecular weight is 347 g/mol. The lowest BCUT2D eigenvalue weighted by molar-refractivity contribution is -0.295. The minimum Gasteiger partial charge on any atom is -0.361 e. The van der Waals surface area contributed by atoms with Crippen molar-refractivity contribution in [3.05, 3.63) is 12.4 Å². The normalized spacial score (nSPS) is 17.0. The monoisotopic (exact) mass is 347 g/mol. The number of aliphatic hydroxyl groups is 1. The molecule has 2 aliphatic heterocycles. The molecule has 7 nitrogen and oxygen atoms in total. The highest BCUT2D eigenvalue weighted by atomic mass is 19.4. The van der Waals surface area contributed by atoms with Crippen LogP contribution in [0, 0.1) is 0 Å². The lowest BCUT2D eigenvalue weighted by Gasteiger charge is -2.30. The van der Waals surface area contributed by atoms with Gasteiger partial charge in [-0.25, -0.2) is 9.97 Å². The smallest absolute Gasteiger partial charge is 0.361 e. The molecule has 0 atom stereocenters. The van der Waals surface area contributed by atoms with Gasteiger partial charge in [-0.2, -0.15) is 0 Å². The first-order valence-electron chi connectivity index (χ1n) is 7.70. The van der Waals surface area contributed by atoms with Gasteiger partial charge in [-0.3, -0.25) is 4.79 Å². The van der Waals surface area contributed by atoms with E-state index in [1.807, 2.05) is 11.0 Å². The number of nitrogens with one attached hydrogen (secondary N) is 1. The Hall–Kier alpha value is -2.10. The zero-order chi connectivity index (χ0) is 17.6. The van der Waals surface area contributed by atoms with Crippen LogP contribution in [0.15, 0.2) is 12.4 Å². The summed E-state index contributed by atoms with van der Waals surface area (Å²) in [6.07, 6.45) is 0.128. The van der Waals surface area contributed by atoms with Gasteiger partial charge in [0.15, 0.2) is 0 Å². The number of anilines is 2. The van der Waals surface area contributed by atoms with Crippen molar-refractivity contribution in [2.24, 2.45) is 0 Å². The van der Waals surface area contributed by atoms with Gasteiger partial charge < -0.3 is 20.2 Å². The summed E-state index contributed by atoms with van der Waals surface area (Å²) < 4.78 is 29.7. The molecule has 2 fully saturated rings. The number of nitrogens with zero attached hydrogens (tertiary/aromatic N) is 4. The van der Waals surface area contributed by atoms with E-state index < -0.39 is 6.36 Å². The van der Waals surface area contributed by atoms with Crippen LogP contribution in [-0.2, 0) is 4.79 Å².